The smallest absolute Gasteiger partial charge is 0.254 e. The molecule has 4 rings (SSSR count). The van der Waals surface area contributed by atoms with Crippen molar-refractivity contribution in [2.45, 2.75) is 33.5 Å². The topological polar surface area (TPSA) is 47.4 Å². The van der Waals surface area contributed by atoms with Crippen molar-refractivity contribution in [1.29, 1.82) is 0 Å². The monoisotopic (exact) mass is 361 g/mol. The van der Waals surface area contributed by atoms with Crippen LogP contribution in [0.1, 0.15) is 32.9 Å². The molecule has 27 heavy (non-hydrogen) atoms. The molecule has 0 N–H and O–H groups in total. The lowest BCUT2D eigenvalue weighted by Crippen LogP contribution is -2.38. The zero-order chi connectivity index (χ0) is 18.8. The fraction of sp³-hybridized carbons (Fsp3) is 0.273. The van der Waals surface area contributed by atoms with Crippen LogP contribution < -0.4 is 4.74 Å². The van der Waals surface area contributed by atoms with Crippen LogP contribution in [0.25, 0.3) is 0 Å². The van der Waals surface area contributed by atoms with E-state index in [1.54, 1.807) is 0 Å². The van der Waals surface area contributed by atoms with Crippen molar-refractivity contribution in [3.05, 3.63) is 82.7 Å². The third kappa shape index (κ3) is 3.58. The van der Waals surface area contributed by atoms with Gasteiger partial charge < -0.3 is 9.64 Å². The Morgan fingerprint density at radius 2 is 1.78 bits per heavy atom. The number of nitrogens with zero attached hydrogens (tertiary/aromatic N) is 3. The Kier molecular flexibility index (Phi) is 4.67. The van der Waals surface area contributed by atoms with Gasteiger partial charge in [-0.05, 0) is 43.7 Å². The number of hydrogen-bond acceptors (Lipinski definition) is 3. The van der Waals surface area contributed by atoms with E-state index in [0.29, 0.717) is 26.2 Å². The normalized spacial score (nSPS) is 13.3. The van der Waals surface area contributed by atoms with E-state index >= 15 is 0 Å². The van der Waals surface area contributed by atoms with Gasteiger partial charge >= 0.3 is 0 Å². The first-order valence-corrected chi connectivity index (χ1v) is 9.21. The summed E-state index contributed by atoms with van der Waals surface area (Å²) in [6.45, 7) is 6.47. The average molecular weight is 361 g/mol. The van der Waals surface area contributed by atoms with Crippen LogP contribution in [-0.2, 0) is 19.7 Å². The molecule has 3 aromatic rings. The molecule has 5 heteroatoms. The molecule has 1 aromatic heterocycles. The molecule has 0 unspecified atom stereocenters. The van der Waals surface area contributed by atoms with Crippen molar-refractivity contribution in [1.82, 2.24) is 14.7 Å². The number of aromatic nitrogens is 2. The lowest BCUT2D eigenvalue weighted by atomic mass is 10.1. The molecule has 1 aliphatic heterocycles. The van der Waals surface area contributed by atoms with Crippen LogP contribution in [0.5, 0.6) is 5.75 Å². The third-order valence-electron chi connectivity index (χ3n) is 5.05. The summed E-state index contributed by atoms with van der Waals surface area (Å²) >= 11 is 0. The first-order valence-electron chi connectivity index (χ1n) is 9.21. The van der Waals surface area contributed by atoms with Crippen LogP contribution in [0, 0.1) is 13.8 Å². The van der Waals surface area contributed by atoms with E-state index in [1.165, 1.54) is 0 Å². The number of carbonyl (C=O) groups is 1. The summed E-state index contributed by atoms with van der Waals surface area (Å²) in [4.78, 5) is 14.7. The highest BCUT2D eigenvalue weighted by molar-refractivity contribution is 5.94. The Hall–Kier alpha value is -3.08. The van der Waals surface area contributed by atoms with Crippen LogP contribution in [0.4, 0.5) is 0 Å². The number of benzene rings is 2. The van der Waals surface area contributed by atoms with E-state index in [-0.39, 0.29) is 5.91 Å². The van der Waals surface area contributed by atoms with Crippen molar-refractivity contribution in [2.75, 3.05) is 6.54 Å². The van der Waals surface area contributed by atoms with Crippen LogP contribution in [0.2, 0.25) is 0 Å². The Morgan fingerprint density at radius 1 is 1.04 bits per heavy atom. The Labute approximate surface area is 159 Å². The van der Waals surface area contributed by atoms with Crippen molar-refractivity contribution < 1.29 is 9.53 Å². The van der Waals surface area contributed by atoms with Gasteiger partial charge in [0.1, 0.15) is 18.1 Å². The fourth-order valence-corrected chi connectivity index (χ4v) is 3.36. The quantitative estimate of drug-likeness (QED) is 0.711. The minimum Gasteiger partial charge on any atom is -0.487 e. The van der Waals surface area contributed by atoms with Crippen molar-refractivity contribution >= 4 is 5.91 Å². The van der Waals surface area contributed by atoms with E-state index in [1.807, 2.05) is 71.1 Å². The van der Waals surface area contributed by atoms with Gasteiger partial charge in [-0.25, -0.2) is 0 Å². The lowest BCUT2D eigenvalue weighted by molar-refractivity contribution is 0.0705. The summed E-state index contributed by atoms with van der Waals surface area (Å²) in [6.07, 6.45) is 0. The highest BCUT2D eigenvalue weighted by Crippen LogP contribution is 2.22. The van der Waals surface area contributed by atoms with E-state index in [2.05, 4.69) is 6.92 Å². The molecule has 2 aromatic carbocycles. The van der Waals surface area contributed by atoms with E-state index in [9.17, 15) is 4.79 Å². The maximum atomic E-state index is 12.8. The maximum absolute atomic E-state index is 12.8. The van der Waals surface area contributed by atoms with Crippen LogP contribution in [0.15, 0.2) is 54.6 Å². The van der Waals surface area contributed by atoms with Crippen LogP contribution in [-0.4, -0.2) is 27.1 Å². The first-order chi connectivity index (χ1) is 13.1. The molecule has 1 aliphatic rings. The molecule has 5 nitrogen and oxygen atoms in total. The van der Waals surface area contributed by atoms with E-state index in [0.717, 1.165) is 33.8 Å². The summed E-state index contributed by atoms with van der Waals surface area (Å²) in [5.41, 5.74) is 5.01. The number of para-hydroxylation sites is 1. The number of rotatable bonds is 4. The summed E-state index contributed by atoms with van der Waals surface area (Å²) in [5.74, 6) is 0.906. The molecule has 0 fully saturated rings. The molecule has 138 valence electrons. The number of hydrogen-bond donors (Lipinski definition) is 0. The summed E-state index contributed by atoms with van der Waals surface area (Å²) < 4.78 is 7.86. The van der Waals surface area contributed by atoms with Gasteiger partial charge in [0.15, 0.2) is 0 Å². The van der Waals surface area contributed by atoms with Gasteiger partial charge in [-0.2, -0.15) is 5.10 Å². The predicted octanol–water partition coefficient (Wildman–Crippen LogP) is 3.73. The fourth-order valence-electron chi connectivity index (χ4n) is 3.36. The van der Waals surface area contributed by atoms with Crippen LogP contribution in [0.3, 0.4) is 0 Å². The molecule has 1 amide bonds. The van der Waals surface area contributed by atoms with Gasteiger partial charge in [0.2, 0.25) is 0 Å². The van der Waals surface area contributed by atoms with Crippen molar-refractivity contribution in [2.24, 2.45) is 0 Å². The number of amides is 1. The number of fused-ring (bicyclic) bond motifs is 1. The summed E-state index contributed by atoms with van der Waals surface area (Å²) in [6, 6.07) is 17.5. The third-order valence-corrected chi connectivity index (χ3v) is 5.05. The second kappa shape index (κ2) is 7.27. The van der Waals surface area contributed by atoms with Gasteiger partial charge in [-0.1, -0.05) is 35.9 Å². The number of ether oxygens (including phenoxy) is 1. The van der Waals surface area contributed by atoms with E-state index < -0.39 is 0 Å². The predicted molar refractivity (Wildman–Crippen MR) is 104 cm³/mol. The first kappa shape index (κ1) is 17.3. The van der Waals surface area contributed by atoms with Gasteiger partial charge in [0.05, 0.1) is 18.8 Å². The maximum Gasteiger partial charge on any atom is 0.254 e. The molecule has 0 bridgehead atoms. The van der Waals surface area contributed by atoms with Crippen molar-refractivity contribution in [3.8, 4) is 5.75 Å². The average Bonchev–Trinajstić information content (AvgIpc) is 3.02. The minimum atomic E-state index is 0.0731. The van der Waals surface area contributed by atoms with Crippen molar-refractivity contribution in [3.63, 3.8) is 0 Å². The number of carbonyl (C=O) groups excluding carboxylic acids is 1. The molecular formula is C22H23N3O2. The molecule has 0 aliphatic carbocycles. The molecule has 2 heterocycles. The zero-order valence-electron chi connectivity index (χ0n) is 15.7. The van der Waals surface area contributed by atoms with Gasteiger partial charge in [0, 0.05) is 12.1 Å². The second-order valence-electron chi connectivity index (χ2n) is 6.94. The minimum absolute atomic E-state index is 0.0731. The molecule has 0 radical (unpaired) electrons. The van der Waals surface area contributed by atoms with E-state index in [4.69, 9.17) is 9.84 Å². The standard InChI is InChI=1S/C22H23N3O2/c1-16-8-10-18(11-9-16)22(26)24-12-13-25-21(14-24)17(2)20(23-25)15-27-19-6-4-3-5-7-19/h3-11H,12-15H2,1-2H3. The molecule has 0 spiro atoms. The highest BCUT2D eigenvalue weighted by Gasteiger charge is 2.25. The highest BCUT2D eigenvalue weighted by atomic mass is 16.5. The molecular weight excluding hydrogens is 338 g/mol. The SMILES string of the molecule is Cc1ccc(C(=O)N2CCn3nc(COc4ccccc4)c(C)c3C2)cc1. The zero-order valence-corrected chi connectivity index (χ0v) is 15.7. The Balaban J connectivity index is 1.48. The van der Waals surface area contributed by atoms with Gasteiger partial charge in [-0.3, -0.25) is 9.48 Å². The summed E-state index contributed by atoms with van der Waals surface area (Å²) in [7, 11) is 0. The molecule has 0 atom stereocenters. The van der Waals surface area contributed by atoms with Crippen LogP contribution >= 0.6 is 0 Å². The second-order valence-corrected chi connectivity index (χ2v) is 6.94. The Morgan fingerprint density at radius 3 is 2.52 bits per heavy atom. The Bertz CT molecular complexity index is 946. The molecule has 0 saturated carbocycles. The molecule has 0 saturated heterocycles. The summed E-state index contributed by atoms with van der Waals surface area (Å²) in [5, 5.41) is 4.70. The van der Waals surface area contributed by atoms with Gasteiger partial charge in [-0.15, -0.1) is 0 Å². The lowest BCUT2D eigenvalue weighted by Gasteiger charge is -2.28. The number of aryl methyl sites for hydroxylation is 1. The largest absolute Gasteiger partial charge is 0.487 e. The van der Waals surface area contributed by atoms with Gasteiger partial charge in [0.25, 0.3) is 5.91 Å².